The van der Waals surface area contributed by atoms with Gasteiger partial charge in [-0.15, -0.1) is 24.0 Å². The summed E-state index contributed by atoms with van der Waals surface area (Å²) < 4.78 is 30.8. The highest BCUT2D eigenvalue weighted by Crippen LogP contribution is 2.33. The Morgan fingerprint density at radius 1 is 1.21 bits per heavy atom. The summed E-state index contributed by atoms with van der Waals surface area (Å²) in [7, 11) is -3.13. The van der Waals surface area contributed by atoms with Crippen LogP contribution in [0.5, 0.6) is 0 Å². The maximum Gasteiger partial charge on any atom is 0.208 e. The van der Waals surface area contributed by atoms with Gasteiger partial charge in [-0.3, -0.25) is 4.99 Å². The minimum Gasteiger partial charge on any atom is -0.373 e. The molecule has 0 amide bonds. The summed E-state index contributed by atoms with van der Waals surface area (Å²) in [5, 5.41) is 6.52. The van der Waals surface area contributed by atoms with E-state index in [-0.39, 0.29) is 30.1 Å². The second-order valence-corrected chi connectivity index (χ2v) is 9.10. The van der Waals surface area contributed by atoms with Crippen molar-refractivity contribution < 1.29 is 13.2 Å². The summed E-state index contributed by atoms with van der Waals surface area (Å²) in [4.78, 5) is 4.75. The summed E-state index contributed by atoms with van der Waals surface area (Å²) >= 11 is 0. The first kappa shape index (κ1) is 26.1. The fourth-order valence-electron chi connectivity index (χ4n) is 3.26. The zero-order valence-electron chi connectivity index (χ0n) is 17.6. The summed E-state index contributed by atoms with van der Waals surface area (Å²) in [6.07, 6.45) is 4.10. The van der Waals surface area contributed by atoms with Crippen LogP contribution in [-0.4, -0.2) is 53.4 Å². The normalized spacial score (nSPS) is 20.0. The van der Waals surface area contributed by atoms with Crippen molar-refractivity contribution in [2.24, 2.45) is 10.9 Å². The second kappa shape index (κ2) is 13.4. The van der Waals surface area contributed by atoms with Crippen molar-refractivity contribution in [3.63, 3.8) is 0 Å². The second-order valence-electron chi connectivity index (χ2n) is 7.27. The molecule has 0 bridgehead atoms. The van der Waals surface area contributed by atoms with Crippen molar-refractivity contribution in [2.75, 3.05) is 39.0 Å². The molecule has 29 heavy (non-hydrogen) atoms. The highest BCUT2D eigenvalue weighted by Gasteiger charge is 2.27. The van der Waals surface area contributed by atoms with Gasteiger partial charge >= 0.3 is 0 Å². The molecule has 0 radical (unpaired) electrons. The number of rotatable bonds is 9. The number of sulfonamides is 1. The Labute approximate surface area is 192 Å². The lowest BCUT2D eigenvalue weighted by Crippen LogP contribution is -2.39. The van der Waals surface area contributed by atoms with Crippen LogP contribution in [0.1, 0.15) is 43.4 Å². The smallest absolute Gasteiger partial charge is 0.208 e. The number of nitrogens with zero attached hydrogens (tertiary/aromatic N) is 1. The van der Waals surface area contributed by atoms with Gasteiger partial charge in [0.15, 0.2) is 5.96 Å². The van der Waals surface area contributed by atoms with Crippen LogP contribution in [0, 0.1) is 12.8 Å². The minimum atomic E-state index is -3.13. The summed E-state index contributed by atoms with van der Waals surface area (Å²) in [6.45, 7) is 7.44. The number of nitrogens with one attached hydrogen (secondary N) is 3. The largest absolute Gasteiger partial charge is 0.373 e. The van der Waals surface area contributed by atoms with Gasteiger partial charge in [0, 0.05) is 38.7 Å². The highest BCUT2D eigenvalue weighted by molar-refractivity contribution is 14.0. The number of hydrogen-bond donors (Lipinski definition) is 3. The molecule has 2 unspecified atom stereocenters. The Hall–Kier alpha value is -0.910. The SMILES string of the molecule is CCNC(=NCC1CCCOC1c1ccc(C)cc1)NCCCNS(C)(=O)=O.I. The molecule has 0 aliphatic carbocycles. The number of guanidine groups is 1. The van der Waals surface area contributed by atoms with Crippen LogP contribution in [0.4, 0.5) is 0 Å². The average molecular weight is 538 g/mol. The summed E-state index contributed by atoms with van der Waals surface area (Å²) in [5.41, 5.74) is 2.47. The van der Waals surface area contributed by atoms with Gasteiger partial charge in [0.05, 0.1) is 12.4 Å². The van der Waals surface area contributed by atoms with Crippen LogP contribution in [-0.2, 0) is 14.8 Å². The Bertz CT molecular complexity index is 726. The molecule has 7 nitrogen and oxygen atoms in total. The third kappa shape index (κ3) is 10.1. The first-order valence-electron chi connectivity index (χ1n) is 10.0. The molecule has 1 aliphatic heterocycles. The van der Waals surface area contributed by atoms with Crippen LogP contribution in [0.3, 0.4) is 0 Å². The van der Waals surface area contributed by atoms with Crippen molar-refractivity contribution >= 4 is 40.0 Å². The van der Waals surface area contributed by atoms with E-state index in [2.05, 4.69) is 46.5 Å². The van der Waals surface area contributed by atoms with Crippen molar-refractivity contribution in [3.05, 3.63) is 35.4 Å². The van der Waals surface area contributed by atoms with E-state index in [9.17, 15) is 8.42 Å². The lowest BCUT2D eigenvalue weighted by Gasteiger charge is -2.31. The first-order chi connectivity index (χ1) is 13.4. The van der Waals surface area contributed by atoms with Gasteiger partial charge in [0.25, 0.3) is 0 Å². The third-order valence-electron chi connectivity index (χ3n) is 4.69. The molecule has 1 aromatic carbocycles. The number of aryl methyl sites for hydroxylation is 1. The Morgan fingerprint density at radius 3 is 2.59 bits per heavy atom. The lowest BCUT2D eigenvalue weighted by molar-refractivity contribution is -0.0250. The predicted molar refractivity (Wildman–Crippen MR) is 129 cm³/mol. The van der Waals surface area contributed by atoms with E-state index in [1.54, 1.807) is 0 Å². The monoisotopic (exact) mass is 538 g/mol. The molecule has 9 heteroatoms. The Balaban J connectivity index is 0.00000420. The molecule has 0 saturated carbocycles. The summed E-state index contributed by atoms with van der Waals surface area (Å²) in [5.74, 6) is 1.11. The van der Waals surface area contributed by atoms with Crippen molar-refractivity contribution in [1.29, 1.82) is 0 Å². The van der Waals surface area contributed by atoms with Gasteiger partial charge in [0.2, 0.25) is 10.0 Å². The highest BCUT2D eigenvalue weighted by atomic mass is 127. The Morgan fingerprint density at radius 2 is 1.93 bits per heavy atom. The van der Waals surface area contributed by atoms with E-state index in [1.165, 1.54) is 17.4 Å². The molecule has 0 aromatic heterocycles. The average Bonchev–Trinajstić information content (AvgIpc) is 2.66. The fraction of sp³-hybridized carbons (Fsp3) is 0.650. The third-order valence-corrected chi connectivity index (χ3v) is 5.42. The maximum absolute atomic E-state index is 11.1. The van der Waals surface area contributed by atoms with Crippen LogP contribution in [0.15, 0.2) is 29.3 Å². The van der Waals surface area contributed by atoms with E-state index in [0.717, 1.165) is 32.0 Å². The van der Waals surface area contributed by atoms with Crippen LogP contribution < -0.4 is 15.4 Å². The van der Waals surface area contributed by atoms with E-state index in [1.807, 2.05) is 6.92 Å². The van der Waals surface area contributed by atoms with E-state index in [4.69, 9.17) is 9.73 Å². The molecule has 1 fully saturated rings. The summed E-state index contributed by atoms with van der Waals surface area (Å²) in [6, 6.07) is 8.56. The zero-order chi connectivity index (χ0) is 20.4. The number of benzene rings is 1. The molecule has 2 rings (SSSR count). The minimum absolute atomic E-state index is 0. The van der Waals surface area contributed by atoms with Crippen LogP contribution in [0.25, 0.3) is 0 Å². The number of halogens is 1. The molecule has 3 N–H and O–H groups in total. The predicted octanol–water partition coefficient (Wildman–Crippen LogP) is 2.58. The number of hydrogen-bond acceptors (Lipinski definition) is 4. The number of ether oxygens (including phenoxy) is 1. The maximum atomic E-state index is 11.1. The van der Waals surface area contributed by atoms with Crippen molar-refractivity contribution in [2.45, 2.75) is 39.2 Å². The van der Waals surface area contributed by atoms with Gasteiger partial charge in [-0.25, -0.2) is 13.1 Å². The quantitative estimate of drug-likeness (QED) is 0.195. The standard InChI is InChI=1S/C20H34N4O3S.HI/c1-4-21-20(22-12-6-13-24-28(3,25)26)23-15-18-7-5-14-27-19(18)17-10-8-16(2)9-11-17;/h8-11,18-19,24H,4-7,12-15H2,1-3H3,(H2,21,22,23);1H. The molecule has 1 aliphatic rings. The molecule has 166 valence electrons. The molecule has 1 heterocycles. The molecule has 1 saturated heterocycles. The van der Waals surface area contributed by atoms with Gasteiger partial charge in [0.1, 0.15) is 0 Å². The molecule has 2 atom stereocenters. The van der Waals surface area contributed by atoms with Crippen LogP contribution in [0.2, 0.25) is 0 Å². The molecular formula is C20H35IN4O3S. The van der Waals surface area contributed by atoms with Crippen LogP contribution >= 0.6 is 24.0 Å². The lowest BCUT2D eigenvalue weighted by atomic mass is 9.89. The van der Waals surface area contributed by atoms with E-state index < -0.39 is 10.0 Å². The van der Waals surface area contributed by atoms with Gasteiger partial charge in [-0.1, -0.05) is 29.8 Å². The Kier molecular flexibility index (Phi) is 12.1. The number of aliphatic imine (C=N–C) groups is 1. The molecule has 1 aromatic rings. The topological polar surface area (TPSA) is 91.8 Å². The fourth-order valence-corrected chi connectivity index (χ4v) is 3.77. The van der Waals surface area contributed by atoms with E-state index >= 15 is 0 Å². The molecular weight excluding hydrogens is 503 g/mol. The first-order valence-corrected chi connectivity index (χ1v) is 11.9. The van der Waals surface area contributed by atoms with Crippen molar-refractivity contribution in [1.82, 2.24) is 15.4 Å². The van der Waals surface area contributed by atoms with Crippen molar-refractivity contribution in [3.8, 4) is 0 Å². The van der Waals surface area contributed by atoms with Gasteiger partial charge in [-0.05, 0) is 38.7 Å². The zero-order valence-corrected chi connectivity index (χ0v) is 20.8. The van der Waals surface area contributed by atoms with Gasteiger partial charge in [-0.2, -0.15) is 0 Å². The molecule has 0 spiro atoms. The van der Waals surface area contributed by atoms with E-state index in [0.29, 0.717) is 32.0 Å². The van der Waals surface area contributed by atoms with Gasteiger partial charge < -0.3 is 15.4 Å².